The summed E-state index contributed by atoms with van der Waals surface area (Å²) in [5.41, 5.74) is 0.762. The Labute approximate surface area is 160 Å². The Hall–Kier alpha value is -2.06. The first-order chi connectivity index (χ1) is 12.5. The molecule has 1 aliphatic heterocycles. The monoisotopic (exact) mass is 436 g/mol. The van der Waals surface area contributed by atoms with Gasteiger partial charge in [0.25, 0.3) is 5.56 Å². The van der Waals surface area contributed by atoms with Gasteiger partial charge in [-0.3, -0.25) is 9.36 Å². The number of hydrogen-bond donors (Lipinski definition) is 0. The summed E-state index contributed by atoms with van der Waals surface area (Å²) in [6, 6.07) is 4.56. The van der Waals surface area contributed by atoms with E-state index in [1.807, 2.05) is 0 Å². The van der Waals surface area contributed by atoms with E-state index in [1.54, 1.807) is 23.6 Å². The topological polar surface area (TPSA) is 61.2 Å². The number of aryl methyl sites for hydroxylation is 2. The third-order valence-electron chi connectivity index (χ3n) is 4.47. The Morgan fingerprint density at radius 2 is 2.27 bits per heavy atom. The van der Waals surface area contributed by atoms with Crippen molar-refractivity contribution in [1.29, 1.82) is 0 Å². The summed E-state index contributed by atoms with van der Waals surface area (Å²) in [6.07, 6.45) is 1.68. The molecule has 0 aliphatic carbocycles. The molecule has 5 nitrogen and oxygen atoms in total. The first-order valence-electron chi connectivity index (χ1n) is 8.09. The molecule has 134 valence electrons. The van der Waals surface area contributed by atoms with E-state index in [1.165, 1.54) is 6.07 Å². The summed E-state index contributed by atoms with van der Waals surface area (Å²) < 4.78 is 21.4. The Balaban J connectivity index is 1.64. The van der Waals surface area contributed by atoms with Gasteiger partial charge in [0.1, 0.15) is 28.0 Å². The lowest BCUT2D eigenvalue weighted by Crippen LogP contribution is -2.20. The normalized spacial score (nSPS) is 13.2. The number of fused-ring (bicyclic) bond motifs is 2. The maximum atomic E-state index is 13.9. The molecule has 0 radical (unpaired) electrons. The summed E-state index contributed by atoms with van der Waals surface area (Å²) in [5, 5.41) is 0.474. The van der Waals surface area contributed by atoms with Crippen LogP contribution in [0.5, 0.6) is 0 Å². The Bertz CT molecular complexity index is 1110. The number of carbonyl (C=O) groups is 1. The van der Waals surface area contributed by atoms with E-state index < -0.39 is 11.8 Å². The molecule has 0 fully saturated rings. The second-order valence-electron chi connectivity index (χ2n) is 6.14. The molecule has 1 aromatic carbocycles. The Morgan fingerprint density at radius 3 is 3.04 bits per heavy atom. The molecular weight excluding hydrogens is 423 g/mol. The van der Waals surface area contributed by atoms with Gasteiger partial charge >= 0.3 is 5.97 Å². The van der Waals surface area contributed by atoms with Gasteiger partial charge in [0.2, 0.25) is 0 Å². The molecule has 2 aromatic heterocycles. The quantitative estimate of drug-likeness (QED) is 0.582. The van der Waals surface area contributed by atoms with Crippen LogP contribution in [0.1, 0.15) is 33.0 Å². The average Bonchev–Trinajstić information content (AvgIpc) is 3.19. The fourth-order valence-corrected chi connectivity index (χ4v) is 4.54. The Kier molecular flexibility index (Phi) is 4.40. The lowest BCUT2D eigenvalue weighted by molar-refractivity contribution is 0.0474. The zero-order chi connectivity index (χ0) is 18.4. The highest BCUT2D eigenvalue weighted by Crippen LogP contribution is 2.29. The van der Waals surface area contributed by atoms with Crippen LogP contribution in [-0.2, 0) is 24.3 Å². The fourth-order valence-electron chi connectivity index (χ4n) is 3.12. The van der Waals surface area contributed by atoms with Gasteiger partial charge in [-0.05, 0) is 31.0 Å². The van der Waals surface area contributed by atoms with Crippen molar-refractivity contribution in [3.8, 4) is 0 Å². The van der Waals surface area contributed by atoms with Gasteiger partial charge in [0.15, 0.2) is 0 Å². The van der Waals surface area contributed by atoms with Crippen LogP contribution in [0.25, 0.3) is 10.2 Å². The maximum Gasteiger partial charge on any atom is 0.349 e. The molecule has 3 aromatic rings. The van der Waals surface area contributed by atoms with E-state index in [0.29, 0.717) is 31.7 Å². The molecule has 0 amide bonds. The van der Waals surface area contributed by atoms with E-state index in [4.69, 9.17) is 4.74 Å². The van der Waals surface area contributed by atoms with Crippen LogP contribution in [0.4, 0.5) is 4.39 Å². The fraction of sp³-hybridized carbons (Fsp3) is 0.278. The van der Waals surface area contributed by atoms with Crippen molar-refractivity contribution in [3.05, 3.63) is 60.7 Å². The highest BCUT2D eigenvalue weighted by molar-refractivity contribution is 9.10. The number of thiophene rings is 1. The molecule has 1 aliphatic rings. The van der Waals surface area contributed by atoms with Crippen LogP contribution in [-0.4, -0.2) is 15.5 Å². The first kappa shape index (κ1) is 17.4. The maximum absolute atomic E-state index is 13.9. The van der Waals surface area contributed by atoms with E-state index in [9.17, 15) is 14.0 Å². The highest BCUT2D eigenvalue weighted by Gasteiger charge is 2.24. The minimum absolute atomic E-state index is 0.103. The summed E-state index contributed by atoms with van der Waals surface area (Å²) >= 11 is 4.34. The van der Waals surface area contributed by atoms with Crippen molar-refractivity contribution >= 4 is 43.5 Å². The van der Waals surface area contributed by atoms with E-state index >= 15 is 0 Å². The van der Waals surface area contributed by atoms with Crippen molar-refractivity contribution in [2.45, 2.75) is 32.9 Å². The van der Waals surface area contributed by atoms with Gasteiger partial charge in [-0.15, -0.1) is 11.3 Å². The van der Waals surface area contributed by atoms with Gasteiger partial charge in [0, 0.05) is 23.0 Å². The number of halogens is 2. The molecule has 0 N–H and O–H groups in total. The van der Waals surface area contributed by atoms with Crippen molar-refractivity contribution in [2.75, 3.05) is 0 Å². The van der Waals surface area contributed by atoms with Crippen LogP contribution in [0.2, 0.25) is 0 Å². The summed E-state index contributed by atoms with van der Waals surface area (Å²) in [6.45, 7) is 2.21. The molecule has 8 heteroatoms. The van der Waals surface area contributed by atoms with Crippen molar-refractivity contribution in [1.82, 2.24) is 9.55 Å². The standard InChI is InChI=1S/C18H14BrFN2O3S/c1-9-14-16(21-13-3-2-6-22(13)17(14)23)26-15(9)18(24)25-8-10-4-5-11(19)7-12(10)20/h4-5,7H,2-3,6,8H2,1H3. The molecule has 26 heavy (non-hydrogen) atoms. The van der Waals surface area contributed by atoms with Gasteiger partial charge in [-0.1, -0.05) is 22.0 Å². The number of carbonyl (C=O) groups excluding carboxylic acids is 1. The first-order valence-corrected chi connectivity index (χ1v) is 9.70. The minimum Gasteiger partial charge on any atom is -0.457 e. The van der Waals surface area contributed by atoms with Crippen molar-refractivity contribution in [2.24, 2.45) is 0 Å². The van der Waals surface area contributed by atoms with Gasteiger partial charge in [-0.25, -0.2) is 14.2 Å². The van der Waals surface area contributed by atoms with E-state index in [0.717, 1.165) is 30.0 Å². The zero-order valence-corrected chi connectivity index (χ0v) is 16.2. The van der Waals surface area contributed by atoms with Crippen LogP contribution >= 0.6 is 27.3 Å². The Morgan fingerprint density at radius 1 is 1.46 bits per heavy atom. The SMILES string of the molecule is Cc1c(C(=O)OCc2ccc(Br)cc2F)sc2nc3n(c(=O)c12)CCC3. The molecule has 4 rings (SSSR count). The average molecular weight is 437 g/mol. The number of aromatic nitrogens is 2. The molecule has 0 saturated carbocycles. The summed E-state index contributed by atoms with van der Waals surface area (Å²) in [7, 11) is 0. The van der Waals surface area contributed by atoms with Crippen LogP contribution in [0.3, 0.4) is 0 Å². The van der Waals surface area contributed by atoms with Crippen molar-refractivity contribution in [3.63, 3.8) is 0 Å². The van der Waals surface area contributed by atoms with Crippen LogP contribution in [0, 0.1) is 12.7 Å². The van der Waals surface area contributed by atoms with Crippen LogP contribution in [0.15, 0.2) is 27.5 Å². The van der Waals surface area contributed by atoms with Gasteiger partial charge in [0.05, 0.1) is 5.39 Å². The number of hydrogen-bond acceptors (Lipinski definition) is 5. The van der Waals surface area contributed by atoms with Gasteiger partial charge in [-0.2, -0.15) is 0 Å². The molecule has 0 saturated heterocycles. The second kappa shape index (κ2) is 6.59. The zero-order valence-electron chi connectivity index (χ0n) is 13.8. The number of esters is 1. The molecule has 0 atom stereocenters. The lowest BCUT2D eigenvalue weighted by atomic mass is 10.2. The van der Waals surface area contributed by atoms with Crippen LogP contribution < -0.4 is 5.56 Å². The molecule has 0 unspecified atom stereocenters. The number of nitrogens with zero attached hydrogens (tertiary/aromatic N) is 2. The highest BCUT2D eigenvalue weighted by atomic mass is 79.9. The van der Waals surface area contributed by atoms with E-state index in [-0.39, 0.29) is 17.7 Å². The largest absolute Gasteiger partial charge is 0.457 e. The summed E-state index contributed by atoms with van der Waals surface area (Å²) in [4.78, 5) is 30.6. The number of benzene rings is 1. The molecule has 0 spiro atoms. The van der Waals surface area contributed by atoms with E-state index in [2.05, 4.69) is 20.9 Å². The van der Waals surface area contributed by atoms with Gasteiger partial charge < -0.3 is 4.74 Å². The predicted molar refractivity (Wildman–Crippen MR) is 100 cm³/mol. The third-order valence-corrected chi connectivity index (χ3v) is 6.13. The number of rotatable bonds is 3. The third kappa shape index (κ3) is 2.87. The number of ether oxygens (including phenoxy) is 1. The van der Waals surface area contributed by atoms with Crippen molar-refractivity contribution < 1.29 is 13.9 Å². The minimum atomic E-state index is -0.572. The summed E-state index contributed by atoms with van der Waals surface area (Å²) in [5.74, 6) is -0.255. The predicted octanol–water partition coefficient (Wildman–Crippen LogP) is 3.97. The molecular formula is C18H14BrFN2O3S. The second-order valence-corrected chi connectivity index (χ2v) is 8.05. The lowest BCUT2D eigenvalue weighted by Gasteiger charge is -2.06. The molecule has 0 bridgehead atoms. The molecule has 3 heterocycles. The smallest absolute Gasteiger partial charge is 0.349 e.